The molecule has 0 bridgehead atoms. The summed E-state index contributed by atoms with van der Waals surface area (Å²) in [5.74, 6) is 1.06. The number of pyridine rings is 1. The van der Waals surface area contributed by atoms with Crippen molar-refractivity contribution in [3.63, 3.8) is 0 Å². The number of aromatic nitrogens is 1. The van der Waals surface area contributed by atoms with E-state index in [1.165, 1.54) is 0 Å². The van der Waals surface area contributed by atoms with Gasteiger partial charge in [0, 0.05) is 42.0 Å². The van der Waals surface area contributed by atoms with E-state index >= 15 is 0 Å². The van der Waals surface area contributed by atoms with Crippen LogP contribution in [0.5, 0.6) is 11.5 Å². The van der Waals surface area contributed by atoms with E-state index < -0.39 is 0 Å². The number of ether oxygens (including phenoxy) is 1. The molecule has 4 rings (SSSR count). The Morgan fingerprint density at radius 3 is 2.45 bits per heavy atom. The van der Waals surface area contributed by atoms with Crippen LogP contribution in [0.3, 0.4) is 0 Å². The van der Waals surface area contributed by atoms with Gasteiger partial charge in [0.1, 0.15) is 11.5 Å². The lowest BCUT2D eigenvalue weighted by molar-refractivity contribution is -0.116. The zero-order valence-corrected chi connectivity index (χ0v) is 17.2. The zero-order valence-electron chi connectivity index (χ0n) is 17.2. The first-order valence-electron chi connectivity index (χ1n) is 10.1. The van der Waals surface area contributed by atoms with Gasteiger partial charge in [-0.1, -0.05) is 48.5 Å². The number of anilines is 1. The quantitative estimate of drug-likeness (QED) is 0.383. The van der Waals surface area contributed by atoms with Gasteiger partial charge in [0.2, 0.25) is 5.91 Å². The van der Waals surface area contributed by atoms with Crippen LogP contribution >= 0.6 is 0 Å². The SMILES string of the molecule is Cc1c(NC(=O)CCC(=O)c2cccc3ccccc23)cccc1Oc1ccncc1. The largest absolute Gasteiger partial charge is 0.457 e. The second-order valence-electron chi connectivity index (χ2n) is 7.21. The summed E-state index contributed by atoms with van der Waals surface area (Å²) in [4.78, 5) is 29.2. The van der Waals surface area contributed by atoms with E-state index in [-0.39, 0.29) is 24.5 Å². The lowest BCUT2D eigenvalue weighted by Gasteiger charge is -2.13. The Balaban J connectivity index is 1.41. The van der Waals surface area contributed by atoms with Crippen molar-refractivity contribution in [1.82, 2.24) is 4.98 Å². The Morgan fingerprint density at radius 2 is 1.61 bits per heavy atom. The van der Waals surface area contributed by atoms with E-state index in [0.717, 1.165) is 16.3 Å². The van der Waals surface area contributed by atoms with Crippen molar-refractivity contribution in [2.45, 2.75) is 19.8 Å². The van der Waals surface area contributed by atoms with Crippen molar-refractivity contribution in [2.24, 2.45) is 0 Å². The molecule has 5 heteroatoms. The first-order chi connectivity index (χ1) is 15.1. The van der Waals surface area contributed by atoms with Crippen molar-refractivity contribution in [2.75, 3.05) is 5.32 Å². The highest BCUT2D eigenvalue weighted by molar-refractivity contribution is 6.09. The van der Waals surface area contributed by atoms with Crippen LogP contribution < -0.4 is 10.1 Å². The van der Waals surface area contributed by atoms with E-state index in [4.69, 9.17) is 4.74 Å². The Labute approximate surface area is 180 Å². The molecule has 0 spiro atoms. The molecular formula is C26H22N2O3. The summed E-state index contributed by atoms with van der Waals surface area (Å²) in [6.07, 6.45) is 3.57. The minimum Gasteiger partial charge on any atom is -0.457 e. The number of nitrogens with zero attached hydrogens (tertiary/aromatic N) is 1. The predicted molar refractivity (Wildman–Crippen MR) is 122 cm³/mol. The molecule has 3 aromatic carbocycles. The highest BCUT2D eigenvalue weighted by Crippen LogP contribution is 2.29. The number of benzene rings is 3. The lowest BCUT2D eigenvalue weighted by atomic mass is 9.99. The molecule has 0 aliphatic carbocycles. The smallest absolute Gasteiger partial charge is 0.224 e. The average Bonchev–Trinajstić information content (AvgIpc) is 2.80. The second kappa shape index (κ2) is 9.22. The maximum Gasteiger partial charge on any atom is 0.224 e. The predicted octanol–water partition coefficient (Wildman–Crippen LogP) is 5.94. The molecule has 4 aromatic rings. The molecule has 0 atom stereocenters. The summed E-state index contributed by atoms with van der Waals surface area (Å²) in [5.41, 5.74) is 2.12. The number of ketones is 1. The molecule has 0 aliphatic rings. The number of hydrogen-bond donors (Lipinski definition) is 1. The zero-order chi connectivity index (χ0) is 21.6. The number of rotatable bonds is 7. The first kappa shape index (κ1) is 20.3. The molecule has 1 heterocycles. The van der Waals surface area contributed by atoms with Crippen LogP contribution in [0, 0.1) is 6.92 Å². The monoisotopic (exact) mass is 410 g/mol. The summed E-state index contributed by atoms with van der Waals surface area (Å²) < 4.78 is 5.88. The minimum atomic E-state index is -0.210. The molecule has 5 nitrogen and oxygen atoms in total. The van der Waals surface area contributed by atoms with E-state index in [1.54, 1.807) is 24.5 Å². The van der Waals surface area contributed by atoms with Crippen LogP contribution in [-0.4, -0.2) is 16.7 Å². The van der Waals surface area contributed by atoms with E-state index in [9.17, 15) is 9.59 Å². The lowest BCUT2D eigenvalue weighted by Crippen LogP contribution is -2.14. The Morgan fingerprint density at radius 1 is 0.871 bits per heavy atom. The molecule has 0 radical (unpaired) electrons. The fourth-order valence-electron chi connectivity index (χ4n) is 3.44. The number of nitrogens with one attached hydrogen (secondary N) is 1. The highest BCUT2D eigenvalue weighted by atomic mass is 16.5. The number of carbonyl (C=O) groups is 2. The van der Waals surface area contributed by atoms with Gasteiger partial charge in [-0.05, 0) is 42.0 Å². The van der Waals surface area contributed by atoms with Crippen LogP contribution in [0.25, 0.3) is 10.8 Å². The maximum atomic E-state index is 12.7. The molecule has 154 valence electrons. The molecule has 0 fully saturated rings. The third-order valence-electron chi connectivity index (χ3n) is 5.10. The third kappa shape index (κ3) is 4.78. The number of fused-ring (bicyclic) bond motifs is 1. The van der Waals surface area contributed by atoms with Gasteiger partial charge in [-0.3, -0.25) is 14.6 Å². The van der Waals surface area contributed by atoms with Crippen LogP contribution in [0.1, 0.15) is 28.8 Å². The van der Waals surface area contributed by atoms with Crippen molar-refractivity contribution >= 4 is 28.2 Å². The van der Waals surface area contributed by atoms with Gasteiger partial charge in [-0.15, -0.1) is 0 Å². The van der Waals surface area contributed by atoms with E-state index in [0.29, 0.717) is 22.7 Å². The number of hydrogen-bond acceptors (Lipinski definition) is 4. The van der Waals surface area contributed by atoms with Crippen LogP contribution in [0.15, 0.2) is 85.2 Å². The number of carbonyl (C=O) groups excluding carboxylic acids is 2. The molecule has 1 amide bonds. The average molecular weight is 410 g/mol. The topological polar surface area (TPSA) is 68.3 Å². The molecule has 0 saturated carbocycles. The molecule has 0 aliphatic heterocycles. The molecule has 1 aromatic heterocycles. The Kier molecular flexibility index (Phi) is 6.03. The molecule has 0 unspecified atom stereocenters. The highest BCUT2D eigenvalue weighted by Gasteiger charge is 2.14. The maximum absolute atomic E-state index is 12.7. The van der Waals surface area contributed by atoms with E-state index in [2.05, 4.69) is 10.3 Å². The Bertz CT molecular complexity index is 1230. The van der Waals surface area contributed by atoms with E-state index in [1.807, 2.05) is 67.6 Å². The van der Waals surface area contributed by atoms with Gasteiger partial charge >= 0.3 is 0 Å². The second-order valence-corrected chi connectivity index (χ2v) is 7.21. The molecule has 31 heavy (non-hydrogen) atoms. The molecular weight excluding hydrogens is 388 g/mol. The number of amides is 1. The van der Waals surface area contributed by atoms with Gasteiger partial charge < -0.3 is 10.1 Å². The van der Waals surface area contributed by atoms with Gasteiger partial charge in [0.05, 0.1) is 0 Å². The van der Waals surface area contributed by atoms with Gasteiger partial charge in [-0.2, -0.15) is 0 Å². The van der Waals surface area contributed by atoms with Crippen molar-refractivity contribution in [1.29, 1.82) is 0 Å². The summed E-state index contributed by atoms with van der Waals surface area (Å²) in [6, 6.07) is 22.4. The fraction of sp³-hybridized carbons (Fsp3) is 0.115. The molecule has 1 N–H and O–H groups in total. The summed E-state index contributed by atoms with van der Waals surface area (Å²) >= 11 is 0. The van der Waals surface area contributed by atoms with Crippen LogP contribution in [0.2, 0.25) is 0 Å². The summed E-state index contributed by atoms with van der Waals surface area (Å²) in [7, 11) is 0. The number of Topliss-reactive ketones (excluding diaryl/α,β-unsaturated/α-hetero) is 1. The Hall–Kier alpha value is -3.99. The van der Waals surface area contributed by atoms with Gasteiger partial charge in [-0.25, -0.2) is 0 Å². The van der Waals surface area contributed by atoms with Crippen molar-refractivity contribution in [3.8, 4) is 11.5 Å². The van der Waals surface area contributed by atoms with Crippen LogP contribution in [0.4, 0.5) is 5.69 Å². The van der Waals surface area contributed by atoms with Gasteiger partial charge in [0.25, 0.3) is 0 Å². The van der Waals surface area contributed by atoms with Gasteiger partial charge in [0.15, 0.2) is 5.78 Å². The molecule has 0 saturated heterocycles. The summed E-state index contributed by atoms with van der Waals surface area (Å²) in [5, 5.41) is 4.82. The van der Waals surface area contributed by atoms with Crippen molar-refractivity contribution < 1.29 is 14.3 Å². The fourth-order valence-corrected chi connectivity index (χ4v) is 3.44. The first-order valence-corrected chi connectivity index (χ1v) is 10.1. The van der Waals surface area contributed by atoms with Crippen molar-refractivity contribution in [3.05, 3.63) is 96.3 Å². The minimum absolute atomic E-state index is 0.0431. The standard InChI is InChI=1S/C26H22N2O3/c1-18-23(10-5-11-25(18)31-20-14-16-27-17-15-20)28-26(30)13-12-24(29)22-9-4-7-19-6-2-3-8-21(19)22/h2-11,14-17H,12-13H2,1H3,(H,28,30). The normalized spacial score (nSPS) is 10.6. The summed E-state index contributed by atoms with van der Waals surface area (Å²) in [6.45, 7) is 1.88. The third-order valence-corrected chi connectivity index (χ3v) is 5.10. The van der Waals surface area contributed by atoms with Crippen LogP contribution in [-0.2, 0) is 4.79 Å².